The molecule has 0 saturated heterocycles. The Morgan fingerprint density at radius 1 is 1.07 bits per heavy atom. The number of hydrogen-bond acceptors (Lipinski definition) is 3. The number of likely N-dealkylation sites (N-methyl/N-ethyl adjacent to an activating group) is 1. The number of unbranched alkanes of at least 4 members (excludes halogenated alkanes) is 1. The van der Waals surface area contributed by atoms with Gasteiger partial charge in [0.2, 0.25) is 5.91 Å². The van der Waals surface area contributed by atoms with Crippen molar-refractivity contribution in [1.29, 1.82) is 0 Å². The Morgan fingerprint density at radius 2 is 1.79 bits per heavy atom. The van der Waals surface area contributed by atoms with Crippen LogP contribution in [-0.2, 0) is 17.8 Å². The summed E-state index contributed by atoms with van der Waals surface area (Å²) >= 11 is 0. The molecule has 1 N–H and O–H groups in total. The lowest BCUT2D eigenvalue weighted by molar-refractivity contribution is -0.130. The third kappa shape index (κ3) is 5.22. The highest BCUT2D eigenvalue weighted by Crippen LogP contribution is 2.17. The van der Waals surface area contributed by atoms with Gasteiger partial charge in [-0.3, -0.25) is 9.59 Å². The van der Waals surface area contributed by atoms with Gasteiger partial charge in [-0.15, -0.1) is 0 Å². The Balaban J connectivity index is 1.71. The van der Waals surface area contributed by atoms with Gasteiger partial charge in [0.1, 0.15) is 12.4 Å². The molecule has 2 aromatic carbocycles. The molecule has 3 aromatic rings. The number of carbonyl (C=O) groups excluding carboxylic acids is 2. The summed E-state index contributed by atoms with van der Waals surface area (Å²) in [6, 6.07) is 17.0. The average Bonchev–Trinajstić information content (AvgIpc) is 3.09. The molecule has 0 atom stereocenters. The molecule has 0 bridgehead atoms. The standard InChI is InChI=1S/C23H28N4O2/c1-3-4-16-26(2)22(28)17-27-20-13-9-8-12-19(20)25-21(27)14-15-24-23(29)18-10-6-5-7-11-18/h5-13H,3-4,14-17H2,1-2H3,(H,24,29). The summed E-state index contributed by atoms with van der Waals surface area (Å²) < 4.78 is 1.97. The van der Waals surface area contributed by atoms with Crippen molar-refractivity contribution >= 4 is 22.8 Å². The second-order valence-electron chi connectivity index (χ2n) is 7.14. The van der Waals surface area contributed by atoms with Crippen molar-refractivity contribution in [2.45, 2.75) is 32.7 Å². The molecule has 0 radical (unpaired) electrons. The van der Waals surface area contributed by atoms with Crippen LogP contribution in [-0.4, -0.2) is 46.4 Å². The first-order chi connectivity index (χ1) is 14.1. The van der Waals surface area contributed by atoms with Gasteiger partial charge in [-0.2, -0.15) is 0 Å². The zero-order valence-corrected chi connectivity index (χ0v) is 17.1. The van der Waals surface area contributed by atoms with Crippen LogP contribution in [0.15, 0.2) is 54.6 Å². The quantitative estimate of drug-likeness (QED) is 0.608. The van der Waals surface area contributed by atoms with E-state index in [2.05, 4.69) is 12.2 Å². The predicted molar refractivity (Wildman–Crippen MR) is 115 cm³/mol. The fraction of sp³-hybridized carbons (Fsp3) is 0.348. The highest BCUT2D eigenvalue weighted by Gasteiger charge is 2.16. The molecule has 0 unspecified atom stereocenters. The number of nitrogens with one attached hydrogen (secondary N) is 1. The molecule has 2 amide bonds. The van der Waals surface area contributed by atoms with E-state index >= 15 is 0 Å². The van der Waals surface area contributed by atoms with Crippen LogP contribution in [0, 0.1) is 0 Å². The van der Waals surface area contributed by atoms with Crippen molar-refractivity contribution in [2.24, 2.45) is 0 Å². The molecular formula is C23H28N4O2. The normalized spacial score (nSPS) is 10.8. The van der Waals surface area contributed by atoms with Crippen LogP contribution in [0.1, 0.15) is 35.9 Å². The van der Waals surface area contributed by atoms with Crippen molar-refractivity contribution in [3.05, 3.63) is 66.0 Å². The Morgan fingerprint density at radius 3 is 2.55 bits per heavy atom. The van der Waals surface area contributed by atoms with Crippen molar-refractivity contribution in [2.75, 3.05) is 20.1 Å². The molecule has 152 valence electrons. The number of para-hydroxylation sites is 2. The number of benzene rings is 2. The van der Waals surface area contributed by atoms with Crippen molar-refractivity contribution < 1.29 is 9.59 Å². The lowest BCUT2D eigenvalue weighted by Crippen LogP contribution is -2.32. The summed E-state index contributed by atoms with van der Waals surface area (Å²) in [6.07, 6.45) is 2.60. The zero-order valence-electron chi connectivity index (χ0n) is 17.1. The van der Waals surface area contributed by atoms with Gasteiger partial charge in [-0.25, -0.2) is 4.98 Å². The summed E-state index contributed by atoms with van der Waals surface area (Å²) in [5.41, 5.74) is 2.43. The average molecular weight is 393 g/mol. The molecule has 0 fully saturated rings. The third-order valence-electron chi connectivity index (χ3n) is 4.97. The number of amides is 2. The highest BCUT2D eigenvalue weighted by molar-refractivity contribution is 5.94. The molecule has 29 heavy (non-hydrogen) atoms. The van der Waals surface area contributed by atoms with Crippen LogP contribution in [0.25, 0.3) is 11.0 Å². The highest BCUT2D eigenvalue weighted by atomic mass is 16.2. The lowest BCUT2D eigenvalue weighted by atomic mass is 10.2. The fourth-order valence-corrected chi connectivity index (χ4v) is 3.25. The van der Waals surface area contributed by atoms with E-state index in [-0.39, 0.29) is 18.4 Å². The third-order valence-corrected chi connectivity index (χ3v) is 4.97. The maximum atomic E-state index is 12.7. The van der Waals surface area contributed by atoms with Crippen LogP contribution in [0.5, 0.6) is 0 Å². The van der Waals surface area contributed by atoms with E-state index in [1.807, 2.05) is 54.1 Å². The number of nitrogens with zero attached hydrogens (tertiary/aromatic N) is 3. The Hall–Kier alpha value is -3.15. The van der Waals surface area contributed by atoms with Gasteiger partial charge in [0.15, 0.2) is 0 Å². The summed E-state index contributed by atoms with van der Waals surface area (Å²) in [5.74, 6) is 0.761. The predicted octanol–water partition coefficient (Wildman–Crippen LogP) is 3.27. The summed E-state index contributed by atoms with van der Waals surface area (Å²) in [7, 11) is 1.84. The van der Waals surface area contributed by atoms with Crippen molar-refractivity contribution in [3.8, 4) is 0 Å². The summed E-state index contributed by atoms with van der Waals surface area (Å²) in [4.78, 5) is 31.4. The van der Waals surface area contributed by atoms with Gasteiger partial charge in [-0.05, 0) is 30.7 Å². The fourth-order valence-electron chi connectivity index (χ4n) is 3.25. The van der Waals surface area contributed by atoms with E-state index < -0.39 is 0 Å². The van der Waals surface area contributed by atoms with Crippen LogP contribution < -0.4 is 5.32 Å². The second-order valence-corrected chi connectivity index (χ2v) is 7.14. The molecule has 0 aliphatic heterocycles. The SMILES string of the molecule is CCCCN(C)C(=O)Cn1c(CCNC(=O)c2ccccc2)nc2ccccc21. The van der Waals surface area contributed by atoms with Gasteiger partial charge in [0.05, 0.1) is 11.0 Å². The van der Waals surface area contributed by atoms with Gasteiger partial charge >= 0.3 is 0 Å². The van der Waals surface area contributed by atoms with E-state index in [0.717, 1.165) is 36.2 Å². The summed E-state index contributed by atoms with van der Waals surface area (Å²) in [5, 5.41) is 2.94. The van der Waals surface area contributed by atoms with Gasteiger partial charge in [0, 0.05) is 32.1 Å². The monoisotopic (exact) mass is 392 g/mol. The molecule has 0 spiro atoms. The van der Waals surface area contributed by atoms with Gasteiger partial charge < -0.3 is 14.8 Å². The molecule has 1 heterocycles. The van der Waals surface area contributed by atoms with E-state index in [1.54, 1.807) is 17.0 Å². The minimum Gasteiger partial charge on any atom is -0.352 e. The Labute approximate surface area is 171 Å². The minimum atomic E-state index is -0.108. The Bertz CT molecular complexity index is 965. The van der Waals surface area contributed by atoms with Crippen LogP contribution in [0.3, 0.4) is 0 Å². The maximum Gasteiger partial charge on any atom is 0.251 e. The lowest BCUT2D eigenvalue weighted by Gasteiger charge is -2.18. The van der Waals surface area contributed by atoms with E-state index in [9.17, 15) is 9.59 Å². The molecule has 0 aliphatic rings. The minimum absolute atomic E-state index is 0.0659. The van der Waals surface area contributed by atoms with Gasteiger partial charge in [-0.1, -0.05) is 43.7 Å². The molecule has 3 rings (SSSR count). The molecular weight excluding hydrogens is 364 g/mol. The zero-order chi connectivity index (χ0) is 20.6. The smallest absolute Gasteiger partial charge is 0.251 e. The first-order valence-corrected chi connectivity index (χ1v) is 10.1. The number of fused-ring (bicyclic) bond motifs is 1. The van der Waals surface area contributed by atoms with E-state index in [0.29, 0.717) is 18.5 Å². The second kappa shape index (κ2) is 9.87. The first kappa shape index (κ1) is 20.6. The molecule has 1 aromatic heterocycles. The Kier molecular flexibility index (Phi) is 7.00. The maximum absolute atomic E-state index is 12.7. The number of carbonyl (C=O) groups is 2. The van der Waals surface area contributed by atoms with E-state index in [1.165, 1.54) is 0 Å². The first-order valence-electron chi connectivity index (χ1n) is 10.1. The molecule has 0 saturated carbocycles. The van der Waals surface area contributed by atoms with Gasteiger partial charge in [0.25, 0.3) is 5.91 Å². The van der Waals surface area contributed by atoms with E-state index in [4.69, 9.17) is 4.98 Å². The summed E-state index contributed by atoms with van der Waals surface area (Å²) in [6.45, 7) is 3.58. The number of rotatable bonds is 9. The molecule has 6 heteroatoms. The van der Waals surface area contributed by atoms with Crippen molar-refractivity contribution in [3.63, 3.8) is 0 Å². The number of imidazole rings is 1. The van der Waals surface area contributed by atoms with Crippen LogP contribution in [0.2, 0.25) is 0 Å². The largest absolute Gasteiger partial charge is 0.352 e. The number of aromatic nitrogens is 2. The van der Waals surface area contributed by atoms with Crippen LogP contribution in [0.4, 0.5) is 0 Å². The number of hydrogen-bond donors (Lipinski definition) is 1. The molecule has 0 aliphatic carbocycles. The van der Waals surface area contributed by atoms with Crippen molar-refractivity contribution in [1.82, 2.24) is 19.8 Å². The molecule has 6 nitrogen and oxygen atoms in total. The van der Waals surface area contributed by atoms with Crippen LogP contribution >= 0.6 is 0 Å². The topological polar surface area (TPSA) is 67.2 Å².